The minimum atomic E-state index is -1.09. The van der Waals surface area contributed by atoms with E-state index in [1.54, 1.807) is 11.7 Å². The lowest BCUT2D eigenvalue weighted by Gasteiger charge is -2.17. The van der Waals surface area contributed by atoms with Gasteiger partial charge in [-0.25, -0.2) is 0 Å². The minimum Gasteiger partial charge on any atom is -0.363 e. The van der Waals surface area contributed by atoms with E-state index < -0.39 is 23.6 Å². The largest absolute Gasteiger partial charge is 0.363 e. The molecule has 0 unspecified atom stereocenters. The second-order valence-electron chi connectivity index (χ2n) is 6.84. The Morgan fingerprint density at radius 1 is 1.10 bits per heavy atom. The molecule has 7 heteroatoms. The van der Waals surface area contributed by atoms with Crippen LogP contribution in [-0.4, -0.2) is 33.4 Å². The number of carbonyl (C=O) groups is 3. The summed E-state index contributed by atoms with van der Waals surface area (Å²) in [6.07, 6.45) is 1.61. The van der Waals surface area contributed by atoms with E-state index in [9.17, 15) is 14.4 Å². The van der Waals surface area contributed by atoms with Gasteiger partial charge in [0.15, 0.2) is 0 Å². The normalized spacial score (nSPS) is 11.7. The number of ketones is 1. The van der Waals surface area contributed by atoms with Crippen molar-refractivity contribution in [1.82, 2.24) is 15.1 Å². The summed E-state index contributed by atoms with van der Waals surface area (Å²) >= 11 is 0. The number of rotatable bonds is 7. The topological polar surface area (TPSA) is 107 Å². The molecule has 3 N–H and O–H groups in total. The number of hydrogen-bond acceptors (Lipinski definition) is 4. The molecule has 3 rings (SSSR count). The van der Waals surface area contributed by atoms with E-state index in [-0.39, 0.29) is 6.42 Å². The highest BCUT2D eigenvalue weighted by atomic mass is 16.2. The second-order valence-corrected chi connectivity index (χ2v) is 6.84. The van der Waals surface area contributed by atoms with Crippen molar-refractivity contribution in [3.05, 3.63) is 77.5 Å². The van der Waals surface area contributed by atoms with Crippen LogP contribution in [0.3, 0.4) is 0 Å². The van der Waals surface area contributed by atoms with Crippen molar-refractivity contribution < 1.29 is 14.4 Å². The zero-order valence-corrected chi connectivity index (χ0v) is 16.3. The van der Waals surface area contributed by atoms with Crippen LogP contribution in [0, 0.1) is 6.92 Å². The van der Waals surface area contributed by atoms with Crippen LogP contribution >= 0.6 is 0 Å². The molecule has 0 fully saturated rings. The van der Waals surface area contributed by atoms with Crippen LogP contribution in [-0.2, 0) is 23.1 Å². The zero-order valence-electron chi connectivity index (χ0n) is 16.3. The van der Waals surface area contributed by atoms with Gasteiger partial charge in [-0.2, -0.15) is 5.10 Å². The number of carbonyl (C=O) groups excluding carboxylic acids is 3. The van der Waals surface area contributed by atoms with E-state index in [1.165, 1.54) is 6.20 Å². The van der Waals surface area contributed by atoms with E-state index in [2.05, 4.69) is 10.4 Å². The molecule has 2 amide bonds. The molecule has 0 radical (unpaired) electrons. The molecule has 0 saturated carbocycles. The van der Waals surface area contributed by atoms with Crippen molar-refractivity contribution in [3.8, 4) is 11.3 Å². The fourth-order valence-corrected chi connectivity index (χ4v) is 3.21. The third-order valence-electron chi connectivity index (χ3n) is 4.62. The quantitative estimate of drug-likeness (QED) is 0.600. The first-order valence-electron chi connectivity index (χ1n) is 9.14. The number of aryl methyl sites for hydroxylation is 2. The monoisotopic (exact) mass is 390 g/mol. The first kappa shape index (κ1) is 20.0. The van der Waals surface area contributed by atoms with Crippen LogP contribution in [0.2, 0.25) is 0 Å². The Morgan fingerprint density at radius 3 is 2.48 bits per heavy atom. The molecule has 1 atom stereocenters. The highest BCUT2D eigenvalue weighted by Crippen LogP contribution is 2.24. The van der Waals surface area contributed by atoms with Gasteiger partial charge in [0.1, 0.15) is 6.04 Å². The van der Waals surface area contributed by atoms with Crippen LogP contribution in [0.1, 0.15) is 21.5 Å². The summed E-state index contributed by atoms with van der Waals surface area (Å²) in [7, 11) is 1.74. The maximum absolute atomic E-state index is 13.0. The van der Waals surface area contributed by atoms with E-state index in [4.69, 9.17) is 5.73 Å². The molecular weight excluding hydrogens is 368 g/mol. The van der Waals surface area contributed by atoms with E-state index in [1.807, 2.05) is 61.5 Å². The Labute approximate surface area is 168 Å². The summed E-state index contributed by atoms with van der Waals surface area (Å²) < 4.78 is 1.60. The van der Waals surface area contributed by atoms with E-state index >= 15 is 0 Å². The van der Waals surface area contributed by atoms with E-state index in [0.29, 0.717) is 11.3 Å². The second kappa shape index (κ2) is 8.52. The Morgan fingerprint density at radius 2 is 1.83 bits per heavy atom. The van der Waals surface area contributed by atoms with Gasteiger partial charge in [-0.05, 0) is 18.6 Å². The minimum absolute atomic E-state index is 0.161. The zero-order chi connectivity index (χ0) is 21.0. The van der Waals surface area contributed by atoms with Crippen LogP contribution in [0.5, 0.6) is 0 Å². The van der Waals surface area contributed by atoms with Gasteiger partial charge in [-0.15, -0.1) is 0 Å². The highest BCUT2D eigenvalue weighted by molar-refractivity contribution is 6.38. The Balaban J connectivity index is 1.91. The summed E-state index contributed by atoms with van der Waals surface area (Å²) in [5.74, 6) is -2.43. The molecular formula is C22H22N4O3. The average Bonchev–Trinajstić information content (AvgIpc) is 3.09. The predicted octanol–water partition coefficient (Wildman–Crippen LogP) is 1.79. The average molecular weight is 390 g/mol. The van der Waals surface area contributed by atoms with Gasteiger partial charge in [0.25, 0.3) is 11.8 Å². The lowest BCUT2D eigenvalue weighted by atomic mass is 10.0. The number of nitrogens with zero attached hydrogens (tertiary/aromatic N) is 2. The molecule has 0 saturated heterocycles. The Bertz CT molecular complexity index is 1060. The summed E-state index contributed by atoms with van der Waals surface area (Å²) in [6, 6.07) is 15.7. The fourth-order valence-electron chi connectivity index (χ4n) is 3.21. The van der Waals surface area contributed by atoms with Crippen molar-refractivity contribution in [2.75, 3.05) is 0 Å². The molecule has 0 spiro atoms. The van der Waals surface area contributed by atoms with Crippen LogP contribution < -0.4 is 11.1 Å². The Hall–Kier alpha value is -3.74. The molecule has 29 heavy (non-hydrogen) atoms. The predicted molar refractivity (Wildman–Crippen MR) is 109 cm³/mol. The maximum atomic E-state index is 13.0. The van der Waals surface area contributed by atoms with Crippen molar-refractivity contribution in [1.29, 1.82) is 0 Å². The molecule has 0 aliphatic carbocycles. The van der Waals surface area contributed by atoms with Gasteiger partial charge in [0.2, 0.25) is 5.78 Å². The van der Waals surface area contributed by atoms with Crippen LogP contribution in [0.25, 0.3) is 11.3 Å². The van der Waals surface area contributed by atoms with Gasteiger partial charge in [0, 0.05) is 19.0 Å². The molecule has 0 aliphatic rings. The molecule has 1 aromatic heterocycles. The SMILES string of the molecule is Cc1cccc(-c2c(C(=O)N[C@@H](Cc3ccccc3)C(=O)C(N)=O)cnn2C)c1. The number of Topliss-reactive ketones (excluding diaryl/α,β-unsaturated/α-hetero) is 1. The number of aromatic nitrogens is 2. The van der Waals surface area contributed by atoms with Crippen LogP contribution in [0.15, 0.2) is 60.8 Å². The number of hydrogen-bond donors (Lipinski definition) is 2. The first-order chi connectivity index (χ1) is 13.9. The maximum Gasteiger partial charge on any atom is 0.287 e. The van der Waals surface area contributed by atoms with Crippen LogP contribution in [0.4, 0.5) is 0 Å². The summed E-state index contributed by atoms with van der Waals surface area (Å²) in [6.45, 7) is 1.96. The van der Waals surface area contributed by atoms with Gasteiger partial charge in [-0.1, -0.05) is 54.1 Å². The fraction of sp³-hybridized carbons (Fsp3) is 0.182. The Kier molecular flexibility index (Phi) is 5.87. The molecule has 0 aliphatic heterocycles. The van der Waals surface area contributed by atoms with Gasteiger partial charge >= 0.3 is 0 Å². The number of amides is 2. The lowest BCUT2D eigenvalue weighted by molar-refractivity contribution is -0.137. The van der Waals surface area contributed by atoms with E-state index in [0.717, 1.165) is 16.7 Å². The van der Waals surface area contributed by atoms with Crippen molar-refractivity contribution >= 4 is 17.6 Å². The molecule has 0 bridgehead atoms. The van der Waals surface area contributed by atoms with Crippen molar-refractivity contribution in [2.24, 2.45) is 12.8 Å². The summed E-state index contributed by atoms with van der Waals surface area (Å²) in [5, 5.41) is 6.85. The van der Waals surface area contributed by atoms with Gasteiger partial charge < -0.3 is 11.1 Å². The lowest BCUT2D eigenvalue weighted by Crippen LogP contribution is -2.47. The summed E-state index contributed by atoms with van der Waals surface area (Å²) in [5.41, 5.74) is 8.80. The third-order valence-corrected chi connectivity index (χ3v) is 4.62. The molecule has 1 heterocycles. The third kappa shape index (κ3) is 4.57. The van der Waals surface area contributed by atoms with Gasteiger partial charge in [-0.3, -0.25) is 19.1 Å². The molecule has 148 valence electrons. The number of primary amides is 1. The van der Waals surface area contributed by atoms with Crippen molar-refractivity contribution in [3.63, 3.8) is 0 Å². The summed E-state index contributed by atoms with van der Waals surface area (Å²) in [4.78, 5) is 36.8. The highest BCUT2D eigenvalue weighted by Gasteiger charge is 2.27. The number of benzene rings is 2. The molecule has 7 nitrogen and oxygen atoms in total. The smallest absolute Gasteiger partial charge is 0.287 e. The molecule has 3 aromatic rings. The first-order valence-corrected chi connectivity index (χ1v) is 9.14. The standard InChI is InChI=1S/C22H22N4O3/c1-14-7-6-10-16(11-14)19-17(13-24-26(19)2)22(29)25-18(20(27)21(23)28)12-15-8-4-3-5-9-15/h3-11,13,18H,12H2,1-2H3,(H2,23,28)(H,25,29)/t18-/m0/s1. The number of nitrogens with one attached hydrogen (secondary N) is 1. The number of nitrogens with two attached hydrogens (primary N) is 1. The van der Waals surface area contributed by atoms with Crippen molar-refractivity contribution in [2.45, 2.75) is 19.4 Å². The molecule has 2 aromatic carbocycles. The van der Waals surface area contributed by atoms with Gasteiger partial charge in [0.05, 0.1) is 17.5 Å².